The largest absolute Gasteiger partial charge is 0.274 e. The van der Waals surface area contributed by atoms with Gasteiger partial charge in [-0.3, -0.25) is 9.59 Å². The van der Waals surface area contributed by atoms with Gasteiger partial charge in [0.15, 0.2) is 0 Å². The zero-order valence-corrected chi connectivity index (χ0v) is 18.8. The molecule has 2 aromatic rings. The molecule has 1 atom stereocenters. The second kappa shape index (κ2) is 7.26. The molecule has 0 N–H and O–H groups in total. The topological polar surface area (TPSA) is 74.8 Å². The van der Waals surface area contributed by atoms with E-state index in [0.717, 1.165) is 19.8 Å². The number of nitrogens with zero attached hydrogens (tertiary/aromatic N) is 2. The Morgan fingerprint density at radius 2 is 1.78 bits per heavy atom. The molecular weight excluding hydrogens is 499 g/mol. The molecule has 1 fully saturated rings. The van der Waals surface area contributed by atoms with E-state index in [1.54, 1.807) is 56.5 Å². The minimum Gasteiger partial charge on any atom is -0.274 e. The molecule has 2 amide bonds. The van der Waals surface area contributed by atoms with E-state index < -0.39 is 33.4 Å². The van der Waals surface area contributed by atoms with Gasteiger partial charge in [0.05, 0.1) is 12.1 Å². The number of benzene rings is 1. The van der Waals surface area contributed by atoms with Gasteiger partial charge in [-0.25, -0.2) is 13.3 Å². The van der Waals surface area contributed by atoms with Crippen molar-refractivity contribution in [1.29, 1.82) is 0 Å². The number of sulfonamides is 1. The second-order valence-corrected chi connectivity index (χ2v) is 11.4. The lowest BCUT2D eigenvalue weighted by Crippen LogP contribution is -2.54. The zero-order chi connectivity index (χ0) is 20.0. The number of rotatable bonds is 4. The van der Waals surface area contributed by atoms with Crippen molar-refractivity contribution in [2.24, 2.45) is 0 Å². The quantitative estimate of drug-likeness (QED) is 0.459. The van der Waals surface area contributed by atoms with Crippen molar-refractivity contribution >= 4 is 61.5 Å². The van der Waals surface area contributed by atoms with Crippen molar-refractivity contribution in [3.8, 4) is 0 Å². The van der Waals surface area contributed by atoms with Gasteiger partial charge in [0.2, 0.25) is 5.91 Å². The molecule has 1 aromatic heterocycles. The molecule has 9 heteroatoms. The lowest BCUT2D eigenvalue weighted by molar-refractivity contribution is -0.122. The van der Waals surface area contributed by atoms with Crippen LogP contribution in [0.15, 0.2) is 46.0 Å². The summed E-state index contributed by atoms with van der Waals surface area (Å²) in [5, 5.41) is 1.67. The number of hydrogen-bond acceptors (Lipinski definition) is 5. The zero-order valence-electron chi connectivity index (χ0n) is 15.0. The summed E-state index contributed by atoms with van der Waals surface area (Å²) in [7, 11) is -3.92. The van der Waals surface area contributed by atoms with Crippen LogP contribution >= 0.6 is 33.9 Å². The van der Waals surface area contributed by atoms with Crippen LogP contribution in [0, 0.1) is 3.57 Å². The number of amides is 2. The monoisotopic (exact) mass is 518 g/mol. The van der Waals surface area contributed by atoms with Crippen LogP contribution < -0.4 is 4.90 Å². The lowest BCUT2D eigenvalue weighted by atomic mass is 10.1. The lowest BCUT2D eigenvalue weighted by Gasteiger charge is -2.37. The minimum atomic E-state index is -3.92. The molecule has 144 valence electrons. The number of thiophene rings is 1. The highest BCUT2D eigenvalue weighted by molar-refractivity contribution is 14.1. The van der Waals surface area contributed by atoms with Crippen molar-refractivity contribution in [2.75, 3.05) is 4.90 Å². The Morgan fingerprint density at radius 3 is 2.30 bits per heavy atom. The molecule has 0 spiro atoms. The van der Waals surface area contributed by atoms with Gasteiger partial charge in [-0.2, -0.15) is 4.31 Å². The van der Waals surface area contributed by atoms with Gasteiger partial charge in [-0.15, -0.1) is 11.3 Å². The van der Waals surface area contributed by atoms with Crippen LogP contribution in [0.3, 0.4) is 0 Å². The SMILES string of the molecule is CC(C)(C)N(C1CC(=O)N(c2ccc(I)cc2)C1=O)S(=O)(=O)c1cccs1. The van der Waals surface area contributed by atoms with Crippen LogP contribution in [0.5, 0.6) is 0 Å². The van der Waals surface area contributed by atoms with Crippen molar-refractivity contribution < 1.29 is 18.0 Å². The van der Waals surface area contributed by atoms with E-state index in [-0.39, 0.29) is 10.6 Å². The van der Waals surface area contributed by atoms with Crippen LogP contribution in [-0.2, 0) is 19.6 Å². The van der Waals surface area contributed by atoms with E-state index >= 15 is 0 Å². The molecule has 1 saturated heterocycles. The van der Waals surface area contributed by atoms with E-state index in [0.29, 0.717) is 5.69 Å². The van der Waals surface area contributed by atoms with Gasteiger partial charge < -0.3 is 0 Å². The molecule has 1 aliphatic rings. The van der Waals surface area contributed by atoms with Gasteiger partial charge in [0, 0.05) is 9.11 Å². The summed E-state index contributed by atoms with van der Waals surface area (Å²) < 4.78 is 28.8. The third-order valence-corrected chi connectivity index (χ3v) is 8.43. The fraction of sp³-hybridized carbons (Fsp3) is 0.333. The van der Waals surface area contributed by atoms with Crippen LogP contribution in [0.1, 0.15) is 27.2 Å². The third kappa shape index (κ3) is 3.82. The number of carbonyl (C=O) groups excluding carboxylic acids is 2. The maximum absolute atomic E-state index is 13.2. The normalized spacial score (nSPS) is 18.6. The van der Waals surface area contributed by atoms with E-state index in [9.17, 15) is 18.0 Å². The first-order valence-electron chi connectivity index (χ1n) is 8.24. The molecule has 1 aliphatic heterocycles. The Labute approximate surface area is 176 Å². The van der Waals surface area contributed by atoms with E-state index in [1.807, 2.05) is 0 Å². The van der Waals surface area contributed by atoms with Crippen LogP contribution in [0.4, 0.5) is 5.69 Å². The van der Waals surface area contributed by atoms with Gasteiger partial charge in [0.1, 0.15) is 10.3 Å². The highest BCUT2D eigenvalue weighted by Gasteiger charge is 2.50. The maximum atomic E-state index is 13.2. The molecule has 0 aliphatic carbocycles. The molecule has 0 radical (unpaired) electrons. The number of imide groups is 1. The van der Waals surface area contributed by atoms with Crippen LogP contribution in [-0.4, -0.2) is 36.1 Å². The first kappa shape index (κ1) is 20.4. The summed E-state index contributed by atoms with van der Waals surface area (Å²) in [6, 6.07) is 9.07. The average molecular weight is 518 g/mol. The Hall–Kier alpha value is -1.30. The predicted molar refractivity (Wildman–Crippen MR) is 113 cm³/mol. The predicted octanol–water partition coefficient (Wildman–Crippen LogP) is 3.47. The first-order valence-corrected chi connectivity index (χ1v) is 11.6. The van der Waals surface area contributed by atoms with Crippen molar-refractivity contribution in [1.82, 2.24) is 4.31 Å². The Morgan fingerprint density at radius 1 is 1.15 bits per heavy atom. The highest BCUT2D eigenvalue weighted by atomic mass is 127. The smallest absolute Gasteiger partial charge is 0.253 e. The summed E-state index contributed by atoms with van der Waals surface area (Å²) in [5.74, 6) is -0.918. The number of halogens is 1. The van der Waals surface area contributed by atoms with Gasteiger partial charge in [-0.1, -0.05) is 6.07 Å². The Bertz CT molecular complexity index is 964. The van der Waals surface area contributed by atoms with E-state index in [2.05, 4.69) is 22.6 Å². The molecule has 3 rings (SSSR count). The minimum absolute atomic E-state index is 0.158. The first-order chi connectivity index (χ1) is 12.5. The Kier molecular flexibility index (Phi) is 5.50. The summed E-state index contributed by atoms with van der Waals surface area (Å²) >= 11 is 3.23. The van der Waals surface area contributed by atoms with Crippen LogP contribution in [0.2, 0.25) is 0 Å². The third-order valence-electron chi connectivity index (χ3n) is 4.16. The Balaban J connectivity index is 2.03. The summed E-state index contributed by atoms with van der Waals surface area (Å²) in [6.45, 7) is 5.18. The molecular formula is C18H19IN2O4S2. The number of hydrogen-bond donors (Lipinski definition) is 0. The molecule has 27 heavy (non-hydrogen) atoms. The fourth-order valence-corrected chi connectivity index (χ4v) is 6.53. The van der Waals surface area contributed by atoms with Gasteiger partial charge in [0.25, 0.3) is 15.9 Å². The van der Waals surface area contributed by atoms with Crippen molar-refractivity contribution in [3.05, 3.63) is 45.3 Å². The van der Waals surface area contributed by atoms with Gasteiger partial charge in [-0.05, 0) is 79.1 Å². The van der Waals surface area contributed by atoms with Gasteiger partial charge >= 0.3 is 0 Å². The number of carbonyl (C=O) groups is 2. The summed E-state index contributed by atoms with van der Waals surface area (Å²) in [6.07, 6.45) is -0.174. The van der Waals surface area contributed by atoms with E-state index in [1.165, 1.54) is 10.4 Å². The fourth-order valence-electron chi connectivity index (χ4n) is 3.16. The highest BCUT2D eigenvalue weighted by Crippen LogP contribution is 2.35. The molecule has 0 saturated carbocycles. The second-order valence-electron chi connectivity index (χ2n) is 7.17. The summed E-state index contributed by atoms with van der Waals surface area (Å²) in [5.41, 5.74) is -0.416. The standard InChI is InChI=1S/C18H19IN2O4S2/c1-18(2,3)21(27(24,25)16-5-4-10-26-16)14-11-15(22)20(17(14)23)13-8-6-12(19)7-9-13/h4-10,14H,11H2,1-3H3. The molecule has 0 bridgehead atoms. The number of anilines is 1. The maximum Gasteiger partial charge on any atom is 0.253 e. The molecule has 6 nitrogen and oxygen atoms in total. The van der Waals surface area contributed by atoms with Crippen molar-refractivity contribution in [3.63, 3.8) is 0 Å². The molecule has 1 unspecified atom stereocenters. The molecule has 2 heterocycles. The summed E-state index contributed by atoms with van der Waals surface area (Å²) in [4.78, 5) is 26.8. The van der Waals surface area contributed by atoms with Crippen molar-refractivity contribution in [2.45, 2.75) is 43.0 Å². The van der Waals surface area contributed by atoms with Crippen LogP contribution in [0.25, 0.3) is 0 Å². The van der Waals surface area contributed by atoms with E-state index in [4.69, 9.17) is 0 Å². The molecule has 1 aromatic carbocycles. The average Bonchev–Trinajstić information content (AvgIpc) is 3.17.